The summed E-state index contributed by atoms with van der Waals surface area (Å²) < 4.78 is 10.6. The molecule has 6 heteroatoms. The predicted octanol–water partition coefficient (Wildman–Crippen LogP) is 3.07. The first kappa shape index (κ1) is 19.2. The lowest BCUT2D eigenvalue weighted by molar-refractivity contribution is 0.0629. The quantitative estimate of drug-likeness (QED) is 0.639. The number of hydrogen-bond donors (Lipinski definition) is 0. The van der Waals surface area contributed by atoms with Crippen LogP contribution < -0.4 is 10.4 Å². The molecule has 1 fully saturated rings. The SMILES string of the molecule is COc1ccc2oc(=O)cc(CN3CCN(C(=O)c4ccc(C)cc4)CC3)c2c1. The first-order valence-electron chi connectivity index (χ1n) is 9.72. The van der Waals surface area contributed by atoms with Gasteiger partial charge in [-0.3, -0.25) is 9.69 Å². The standard InChI is InChI=1S/C23H24N2O4/c1-16-3-5-17(6-4-16)23(27)25-11-9-24(10-12-25)15-18-13-22(26)29-21-8-7-19(28-2)14-20(18)21/h3-8,13-14H,9-12,15H2,1-2H3. The second kappa shape index (κ2) is 8.09. The van der Waals surface area contributed by atoms with Gasteiger partial charge in [0.15, 0.2) is 0 Å². The number of ether oxygens (including phenoxy) is 1. The van der Waals surface area contributed by atoms with Crippen molar-refractivity contribution in [1.29, 1.82) is 0 Å². The van der Waals surface area contributed by atoms with Crippen LogP contribution in [0.1, 0.15) is 21.5 Å². The fourth-order valence-corrected chi connectivity index (χ4v) is 3.69. The molecule has 0 spiro atoms. The third kappa shape index (κ3) is 4.17. The lowest BCUT2D eigenvalue weighted by Gasteiger charge is -2.35. The van der Waals surface area contributed by atoms with Crippen LogP contribution in [0.4, 0.5) is 0 Å². The van der Waals surface area contributed by atoms with Gasteiger partial charge in [0.2, 0.25) is 0 Å². The van der Waals surface area contributed by atoms with Crippen LogP contribution in [0.2, 0.25) is 0 Å². The van der Waals surface area contributed by atoms with Crippen LogP contribution in [0.3, 0.4) is 0 Å². The molecule has 2 aromatic carbocycles. The Morgan fingerprint density at radius 1 is 1.03 bits per heavy atom. The fraction of sp³-hybridized carbons (Fsp3) is 0.304. The summed E-state index contributed by atoms with van der Waals surface area (Å²) in [6, 6.07) is 14.7. The van der Waals surface area contributed by atoms with Crippen molar-refractivity contribution in [3.05, 3.63) is 75.6 Å². The van der Waals surface area contributed by atoms with Gasteiger partial charge in [-0.25, -0.2) is 4.79 Å². The topological polar surface area (TPSA) is 63.0 Å². The van der Waals surface area contributed by atoms with E-state index in [2.05, 4.69) is 4.90 Å². The molecule has 0 radical (unpaired) electrons. The third-order valence-electron chi connectivity index (χ3n) is 5.39. The molecule has 4 rings (SSSR count). The Morgan fingerprint density at radius 3 is 2.45 bits per heavy atom. The van der Waals surface area contributed by atoms with Gasteiger partial charge in [-0.2, -0.15) is 0 Å². The monoisotopic (exact) mass is 392 g/mol. The summed E-state index contributed by atoms with van der Waals surface area (Å²) in [6.07, 6.45) is 0. The van der Waals surface area contributed by atoms with Crippen LogP contribution in [-0.4, -0.2) is 49.0 Å². The van der Waals surface area contributed by atoms with Crippen LogP contribution >= 0.6 is 0 Å². The summed E-state index contributed by atoms with van der Waals surface area (Å²) >= 11 is 0. The van der Waals surface area contributed by atoms with E-state index in [0.717, 1.165) is 40.9 Å². The molecule has 3 aromatic rings. The summed E-state index contributed by atoms with van der Waals surface area (Å²) in [5.41, 5.74) is 2.98. The Balaban J connectivity index is 1.46. The highest BCUT2D eigenvalue weighted by Gasteiger charge is 2.23. The normalized spacial score (nSPS) is 14.9. The molecular weight excluding hydrogens is 368 g/mol. The molecule has 1 aliphatic heterocycles. The van der Waals surface area contributed by atoms with E-state index in [9.17, 15) is 9.59 Å². The molecule has 1 aromatic heterocycles. The molecule has 0 atom stereocenters. The molecule has 29 heavy (non-hydrogen) atoms. The number of amides is 1. The number of rotatable bonds is 4. The maximum atomic E-state index is 12.7. The van der Waals surface area contributed by atoms with Gasteiger partial charge < -0.3 is 14.1 Å². The van der Waals surface area contributed by atoms with Gasteiger partial charge in [-0.05, 0) is 42.8 Å². The molecule has 0 N–H and O–H groups in total. The molecule has 0 unspecified atom stereocenters. The Hall–Kier alpha value is -3.12. The first-order valence-corrected chi connectivity index (χ1v) is 9.72. The van der Waals surface area contributed by atoms with E-state index in [-0.39, 0.29) is 11.5 Å². The highest BCUT2D eigenvalue weighted by molar-refractivity contribution is 5.94. The minimum absolute atomic E-state index is 0.0696. The second-order valence-electron chi connectivity index (χ2n) is 7.39. The van der Waals surface area contributed by atoms with E-state index in [1.807, 2.05) is 42.2 Å². The van der Waals surface area contributed by atoms with Crippen LogP contribution in [0.5, 0.6) is 5.75 Å². The number of methoxy groups -OCH3 is 1. The van der Waals surface area contributed by atoms with Crippen molar-refractivity contribution in [3.8, 4) is 5.75 Å². The lowest BCUT2D eigenvalue weighted by Crippen LogP contribution is -2.48. The molecule has 0 aliphatic carbocycles. The van der Waals surface area contributed by atoms with E-state index in [1.54, 1.807) is 25.3 Å². The molecule has 0 saturated carbocycles. The van der Waals surface area contributed by atoms with Crippen molar-refractivity contribution in [2.24, 2.45) is 0 Å². The third-order valence-corrected chi connectivity index (χ3v) is 5.39. The van der Waals surface area contributed by atoms with Gasteiger partial charge in [0, 0.05) is 49.7 Å². The summed E-state index contributed by atoms with van der Waals surface area (Å²) in [4.78, 5) is 28.8. The summed E-state index contributed by atoms with van der Waals surface area (Å²) in [7, 11) is 1.62. The number of carbonyl (C=O) groups excluding carboxylic acids is 1. The zero-order valence-electron chi connectivity index (χ0n) is 16.7. The molecule has 6 nitrogen and oxygen atoms in total. The summed E-state index contributed by atoms with van der Waals surface area (Å²) in [5, 5.41) is 0.877. The Labute approximate surface area is 169 Å². The minimum atomic E-state index is -0.356. The average Bonchev–Trinajstić information content (AvgIpc) is 2.74. The highest BCUT2D eigenvalue weighted by atomic mass is 16.5. The molecule has 0 bridgehead atoms. The second-order valence-corrected chi connectivity index (χ2v) is 7.39. The molecule has 1 saturated heterocycles. The van der Waals surface area contributed by atoms with E-state index in [1.165, 1.54) is 0 Å². The van der Waals surface area contributed by atoms with Crippen molar-refractivity contribution in [1.82, 2.24) is 9.80 Å². The molecule has 1 amide bonds. The number of benzene rings is 2. The van der Waals surface area contributed by atoms with Crippen LogP contribution in [0.15, 0.2) is 57.7 Å². The zero-order valence-corrected chi connectivity index (χ0v) is 16.7. The number of hydrogen-bond acceptors (Lipinski definition) is 5. The summed E-state index contributed by atoms with van der Waals surface area (Å²) in [5.74, 6) is 0.793. The fourth-order valence-electron chi connectivity index (χ4n) is 3.69. The van der Waals surface area contributed by atoms with Gasteiger partial charge in [0.25, 0.3) is 5.91 Å². The smallest absolute Gasteiger partial charge is 0.336 e. The largest absolute Gasteiger partial charge is 0.497 e. The predicted molar refractivity (Wildman–Crippen MR) is 111 cm³/mol. The van der Waals surface area contributed by atoms with Gasteiger partial charge in [-0.15, -0.1) is 0 Å². The van der Waals surface area contributed by atoms with E-state index in [4.69, 9.17) is 9.15 Å². The Bertz CT molecular complexity index is 1080. The van der Waals surface area contributed by atoms with Crippen molar-refractivity contribution in [2.75, 3.05) is 33.3 Å². The van der Waals surface area contributed by atoms with Crippen LogP contribution in [0, 0.1) is 6.92 Å². The van der Waals surface area contributed by atoms with Crippen molar-refractivity contribution in [3.63, 3.8) is 0 Å². The number of piperazine rings is 1. The molecule has 150 valence electrons. The number of nitrogens with zero attached hydrogens (tertiary/aromatic N) is 2. The first-order chi connectivity index (χ1) is 14.0. The Morgan fingerprint density at radius 2 is 1.76 bits per heavy atom. The van der Waals surface area contributed by atoms with E-state index >= 15 is 0 Å². The van der Waals surface area contributed by atoms with Crippen molar-refractivity contribution in [2.45, 2.75) is 13.5 Å². The average molecular weight is 392 g/mol. The Kier molecular flexibility index (Phi) is 5.36. The number of fused-ring (bicyclic) bond motifs is 1. The van der Waals surface area contributed by atoms with Gasteiger partial charge >= 0.3 is 5.63 Å². The van der Waals surface area contributed by atoms with Gasteiger partial charge in [0.05, 0.1) is 7.11 Å². The molecule has 2 heterocycles. The summed E-state index contributed by atoms with van der Waals surface area (Å²) in [6.45, 7) is 5.47. The molecule has 1 aliphatic rings. The van der Waals surface area contributed by atoms with Crippen molar-refractivity contribution >= 4 is 16.9 Å². The number of carbonyl (C=O) groups is 1. The molecular formula is C23H24N2O4. The lowest BCUT2D eigenvalue weighted by atomic mass is 10.1. The highest BCUT2D eigenvalue weighted by Crippen LogP contribution is 2.24. The maximum absolute atomic E-state index is 12.7. The minimum Gasteiger partial charge on any atom is -0.497 e. The number of aryl methyl sites for hydroxylation is 1. The van der Waals surface area contributed by atoms with Crippen LogP contribution in [-0.2, 0) is 6.54 Å². The zero-order chi connectivity index (χ0) is 20.4. The van der Waals surface area contributed by atoms with Crippen molar-refractivity contribution < 1.29 is 13.9 Å². The van der Waals surface area contributed by atoms with Crippen LogP contribution in [0.25, 0.3) is 11.0 Å². The van der Waals surface area contributed by atoms with Gasteiger partial charge in [0.1, 0.15) is 11.3 Å². The van der Waals surface area contributed by atoms with Gasteiger partial charge in [-0.1, -0.05) is 17.7 Å². The van der Waals surface area contributed by atoms with E-state index in [0.29, 0.717) is 25.2 Å². The van der Waals surface area contributed by atoms with E-state index < -0.39 is 0 Å². The maximum Gasteiger partial charge on any atom is 0.336 e.